The standard InChI is InChI=1S/C15H9BrN2O3/c16-10-4-11(7-17-6-10)21-15-12-5-14-13(19-8-20-14)3-9(12)1-2-18-15/h1-7H,8H2. The van der Waals surface area contributed by atoms with Gasteiger partial charge in [0, 0.05) is 22.3 Å². The molecule has 21 heavy (non-hydrogen) atoms. The molecular weight excluding hydrogens is 336 g/mol. The largest absolute Gasteiger partial charge is 0.454 e. The van der Waals surface area contributed by atoms with E-state index in [0.29, 0.717) is 17.4 Å². The lowest BCUT2D eigenvalue weighted by atomic mass is 10.1. The highest BCUT2D eigenvalue weighted by molar-refractivity contribution is 9.10. The third-order valence-corrected chi connectivity index (χ3v) is 3.55. The van der Waals surface area contributed by atoms with Crippen molar-refractivity contribution >= 4 is 26.7 Å². The third kappa shape index (κ3) is 2.27. The summed E-state index contributed by atoms with van der Waals surface area (Å²) < 4.78 is 17.5. The van der Waals surface area contributed by atoms with Crippen LogP contribution in [-0.4, -0.2) is 16.8 Å². The van der Waals surface area contributed by atoms with Gasteiger partial charge in [-0.15, -0.1) is 0 Å². The minimum Gasteiger partial charge on any atom is -0.454 e. The summed E-state index contributed by atoms with van der Waals surface area (Å²) in [6, 6.07) is 7.54. The predicted octanol–water partition coefficient (Wildman–Crippen LogP) is 3.91. The maximum absolute atomic E-state index is 5.83. The molecule has 0 spiro atoms. The van der Waals surface area contributed by atoms with Crippen molar-refractivity contribution in [2.75, 3.05) is 6.79 Å². The van der Waals surface area contributed by atoms with Crippen LogP contribution in [0.5, 0.6) is 23.1 Å². The quantitative estimate of drug-likeness (QED) is 0.705. The summed E-state index contributed by atoms with van der Waals surface area (Å²) in [6.45, 7) is 0.241. The van der Waals surface area contributed by atoms with Crippen LogP contribution in [0.3, 0.4) is 0 Å². The first-order chi connectivity index (χ1) is 10.3. The Kier molecular flexibility index (Phi) is 2.89. The summed E-state index contributed by atoms with van der Waals surface area (Å²) in [5.74, 6) is 2.56. The number of pyridine rings is 2. The van der Waals surface area contributed by atoms with Crippen molar-refractivity contribution in [2.45, 2.75) is 0 Å². The third-order valence-electron chi connectivity index (χ3n) is 3.12. The van der Waals surface area contributed by atoms with Crippen LogP contribution in [0.2, 0.25) is 0 Å². The molecule has 1 aliphatic heterocycles. The first kappa shape index (κ1) is 12.4. The van der Waals surface area contributed by atoms with E-state index in [4.69, 9.17) is 14.2 Å². The molecule has 0 aliphatic carbocycles. The van der Waals surface area contributed by atoms with Crippen LogP contribution in [0.25, 0.3) is 10.8 Å². The summed E-state index contributed by atoms with van der Waals surface area (Å²) in [7, 11) is 0. The number of hydrogen-bond acceptors (Lipinski definition) is 5. The number of aromatic nitrogens is 2. The number of halogens is 1. The molecule has 3 aromatic rings. The average Bonchev–Trinajstić information content (AvgIpc) is 2.93. The van der Waals surface area contributed by atoms with Crippen LogP contribution in [-0.2, 0) is 0 Å². The Balaban J connectivity index is 1.81. The Bertz CT molecular complexity index is 838. The Labute approximate surface area is 128 Å². The fourth-order valence-corrected chi connectivity index (χ4v) is 2.52. The molecule has 0 saturated heterocycles. The molecular formula is C15H9BrN2O3. The molecule has 0 atom stereocenters. The Morgan fingerprint density at radius 1 is 1.10 bits per heavy atom. The predicted molar refractivity (Wildman–Crippen MR) is 79.9 cm³/mol. The van der Waals surface area contributed by atoms with Gasteiger partial charge in [0.2, 0.25) is 12.7 Å². The van der Waals surface area contributed by atoms with E-state index in [1.54, 1.807) is 18.6 Å². The molecule has 0 saturated carbocycles. The lowest BCUT2D eigenvalue weighted by Gasteiger charge is -2.08. The van der Waals surface area contributed by atoms with Crippen LogP contribution in [0.4, 0.5) is 0 Å². The van der Waals surface area contributed by atoms with Crippen LogP contribution < -0.4 is 14.2 Å². The molecule has 0 N–H and O–H groups in total. The van der Waals surface area contributed by atoms with E-state index in [0.717, 1.165) is 21.0 Å². The molecule has 0 fully saturated rings. The van der Waals surface area contributed by atoms with E-state index in [2.05, 4.69) is 25.9 Å². The summed E-state index contributed by atoms with van der Waals surface area (Å²) in [6.07, 6.45) is 5.03. The lowest BCUT2D eigenvalue weighted by molar-refractivity contribution is 0.174. The van der Waals surface area contributed by atoms with Gasteiger partial charge in [0.05, 0.1) is 6.20 Å². The topological polar surface area (TPSA) is 53.5 Å². The van der Waals surface area contributed by atoms with Gasteiger partial charge in [0.25, 0.3) is 0 Å². The summed E-state index contributed by atoms with van der Waals surface area (Å²) >= 11 is 3.37. The van der Waals surface area contributed by atoms with Gasteiger partial charge in [0.1, 0.15) is 5.75 Å². The molecule has 2 aromatic heterocycles. The van der Waals surface area contributed by atoms with Crippen molar-refractivity contribution < 1.29 is 14.2 Å². The number of fused-ring (bicyclic) bond motifs is 2. The molecule has 0 unspecified atom stereocenters. The molecule has 5 nitrogen and oxygen atoms in total. The highest BCUT2D eigenvalue weighted by Crippen LogP contribution is 2.39. The molecule has 1 aromatic carbocycles. The number of nitrogens with zero attached hydrogens (tertiary/aromatic N) is 2. The maximum Gasteiger partial charge on any atom is 0.231 e. The van der Waals surface area contributed by atoms with E-state index < -0.39 is 0 Å². The minimum absolute atomic E-state index is 0.241. The summed E-state index contributed by atoms with van der Waals surface area (Å²) in [5, 5.41) is 1.84. The number of benzene rings is 1. The van der Waals surface area contributed by atoms with Gasteiger partial charge >= 0.3 is 0 Å². The molecule has 3 heterocycles. The fourth-order valence-electron chi connectivity index (χ4n) is 2.18. The minimum atomic E-state index is 0.241. The van der Waals surface area contributed by atoms with Crippen LogP contribution in [0, 0.1) is 0 Å². The van der Waals surface area contributed by atoms with E-state index >= 15 is 0 Å². The maximum atomic E-state index is 5.83. The molecule has 0 amide bonds. The second-order valence-corrected chi connectivity index (χ2v) is 5.40. The fraction of sp³-hybridized carbons (Fsp3) is 0.0667. The summed E-state index contributed by atoms with van der Waals surface area (Å²) in [5.41, 5.74) is 0. The molecule has 104 valence electrons. The molecule has 0 bridgehead atoms. The van der Waals surface area contributed by atoms with Crippen molar-refractivity contribution in [2.24, 2.45) is 0 Å². The smallest absolute Gasteiger partial charge is 0.231 e. The first-order valence-corrected chi connectivity index (χ1v) is 7.06. The Hall–Kier alpha value is -2.34. The zero-order valence-electron chi connectivity index (χ0n) is 10.7. The molecule has 6 heteroatoms. The zero-order chi connectivity index (χ0) is 14.2. The SMILES string of the molecule is Brc1cncc(Oc2nccc3cc4c(cc23)OCO4)c1. The van der Waals surface area contributed by atoms with Gasteiger partial charge in [0.15, 0.2) is 11.5 Å². The van der Waals surface area contributed by atoms with E-state index in [-0.39, 0.29) is 6.79 Å². The number of rotatable bonds is 2. The average molecular weight is 345 g/mol. The van der Waals surface area contributed by atoms with Crippen molar-refractivity contribution in [1.82, 2.24) is 9.97 Å². The van der Waals surface area contributed by atoms with Gasteiger partial charge in [-0.25, -0.2) is 4.98 Å². The second-order valence-electron chi connectivity index (χ2n) is 4.48. The van der Waals surface area contributed by atoms with E-state index in [9.17, 15) is 0 Å². The molecule has 1 aliphatic rings. The van der Waals surface area contributed by atoms with Gasteiger partial charge < -0.3 is 14.2 Å². The second kappa shape index (κ2) is 4.89. The van der Waals surface area contributed by atoms with E-state index in [1.807, 2.05) is 24.3 Å². The number of hydrogen-bond donors (Lipinski definition) is 0. The van der Waals surface area contributed by atoms with Gasteiger partial charge in [-0.2, -0.15) is 0 Å². The van der Waals surface area contributed by atoms with Gasteiger partial charge in [-0.3, -0.25) is 4.98 Å². The normalized spacial score (nSPS) is 12.6. The highest BCUT2D eigenvalue weighted by Gasteiger charge is 2.16. The Morgan fingerprint density at radius 3 is 2.81 bits per heavy atom. The molecule has 0 radical (unpaired) electrons. The van der Waals surface area contributed by atoms with Gasteiger partial charge in [-0.05, 0) is 45.6 Å². The van der Waals surface area contributed by atoms with E-state index in [1.165, 1.54) is 0 Å². The highest BCUT2D eigenvalue weighted by atomic mass is 79.9. The number of ether oxygens (including phenoxy) is 3. The van der Waals surface area contributed by atoms with Crippen molar-refractivity contribution in [3.63, 3.8) is 0 Å². The monoisotopic (exact) mass is 344 g/mol. The van der Waals surface area contributed by atoms with Crippen LogP contribution in [0.15, 0.2) is 47.3 Å². The van der Waals surface area contributed by atoms with Gasteiger partial charge in [-0.1, -0.05) is 0 Å². The van der Waals surface area contributed by atoms with Crippen molar-refractivity contribution in [3.05, 3.63) is 47.3 Å². The van der Waals surface area contributed by atoms with Crippen LogP contribution >= 0.6 is 15.9 Å². The Morgan fingerprint density at radius 2 is 1.95 bits per heavy atom. The van der Waals surface area contributed by atoms with Crippen LogP contribution in [0.1, 0.15) is 0 Å². The molecule has 4 rings (SSSR count). The summed E-state index contributed by atoms with van der Waals surface area (Å²) in [4.78, 5) is 8.37. The lowest BCUT2D eigenvalue weighted by Crippen LogP contribution is -1.92. The van der Waals surface area contributed by atoms with Crippen molar-refractivity contribution in [1.29, 1.82) is 0 Å². The van der Waals surface area contributed by atoms with Crippen molar-refractivity contribution in [3.8, 4) is 23.1 Å². The zero-order valence-corrected chi connectivity index (χ0v) is 12.3. The first-order valence-electron chi connectivity index (χ1n) is 6.26.